The summed E-state index contributed by atoms with van der Waals surface area (Å²) in [6.45, 7) is 5.16. The lowest BCUT2D eigenvalue weighted by Gasteiger charge is -2.15. The van der Waals surface area contributed by atoms with Crippen LogP contribution in [-0.2, 0) is 0 Å². The predicted octanol–water partition coefficient (Wildman–Crippen LogP) is 3.07. The lowest BCUT2D eigenvalue weighted by atomic mass is 10.3. The molecule has 2 rings (SSSR count). The third-order valence-corrected chi connectivity index (χ3v) is 3.08. The van der Waals surface area contributed by atoms with Gasteiger partial charge in [-0.25, -0.2) is 4.98 Å². The highest BCUT2D eigenvalue weighted by Crippen LogP contribution is 2.21. The molecule has 0 unspecified atom stereocenters. The van der Waals surface area contributed by atoms with Crippen LogP contribution in [0.15, 0.2) is 27.1 Å². The van der Waals surface area contributed by atoms with Gasteiger partial charge in [0, 0.05) is 17.6 Å². The van der Waals surface area contributed by atoms with Gasteiger partial charge < -0.3 is 9.32 Å². The summed E-state index contributed by atoms with van der Waals surface area (Å²) in [5.74, 6) is -0.0101. The molecule has 1 aromatic heterocycles. The zero-order chi connectivity index (χ0) is 12.4. The summed E-state index contributed by atoms with van der Waals surface area (Å²) in [6, 6.07) is 5.50. The van der Waals surface area contributed by atoms with Crippen molar-refractivity contribution in [2.24, 2.45) is 0 Å². The third kappa shape index (κ3) is 2.34. The Hall–Kier alpha value is -1.36. The first-order valence-electron chi connectivity index (χ1n) is 5.51. The van der Waals surface area contributed by atoms with Crippen LogP contribution in [0.4, 0.5) is 0 Å². The SMILES string of the molecule is CCN(CC)C(=O)c1nc2ccc(Br)cc2o1. The minimum absolute atomic E-state index is 0.154. The van der Waals surface area contributed by atoms with Gasteiger partial charge in [0.15, 0.2) is 5.58 Å². The molecule has 0 saturated carbocycles. The highest BCUT2D eigenvalue weighted by molar-refractivity contribution is 9.10. The third-order valence-electron chi connectivity index (χ3n) is 2.58. The molecule has 90 valence electrons. The number of aromatic nitrogens is 1. The van der Waals surface area contributed by atoms with Crippen molar-refractivity contribution < 1.29 is 9.21 Å². The van der Waals surface area contributed by atoms with Gasteiger partial charge in [-0.15, -0.1) is 0 Å². The summed E-state index contributed by atoms with van der Waals surface area (Å²) in [7, 11) is 0. The van der Waals surface area contributed by atoms with Crippen LogP contribution in [0, 0.1) is 0 Å². The van der Waals surface area contributed by atoms with E-state index in [0.717, 1.165) is 4.47 Å². The zero-order valence-corrected chi connectivity index (χ0v) is 11.3. The van der Waals surface area contributed by atoms with Gasteiger partial charge in [0.2, 0.25) is 0 Å². The second-order valence-electron chi connectivity index (χ2n) is 3.61. The maximum Gasteiger partial charge on any atom is 0.309 e. The van der Waals surface area contributed by atoms with E-state index in [1.54, 1.807) is 11.0 Å². The number of rotatable bonds is 3. The first kappa shape index (κ1) is 12.1. The maximum absolute atomic E-state index is 12.0. The van der Waals surface area contributed by atoms with E-state index in [1.165, 1.54) is 0 Å². The molecule has 4 nitrogen and oxygen atoms in total. The molecule has 1 aromatic carbocycles. The smallest absolute Gasteiger partial charge is 0.309 e. The quantitative estimate of drug-likeness (QED) is 0.874. The Labute approximate surface area is 108 Å². The van der Waals surface area contributed by atoms with E-state index >= 15 is 0 Å². The van der Waals surface area contributed by atoms with Crippen LogP contribution in [0.3, 0.4) is 0 Å². The Morgan fingerprint density at radius 3 is 2.76 bits per heavy atom. The summed E-state index contributed by atoms with van der Waals surface area (Å²) in [4.78, 5) is 17.9. The second kappa shape index (κ2) is 4.87. The summed E-state index contributed by atoms with van der Waals surface area (Å²) in [5, 5.41) is 0. The fourth-order valence-corrected chi connectivity index (χ4v) is 1.98. The highest BCUT2D eigenvalue weighted by Gasteiger charge is 2.19. The first-order valence-corrected chi connectivity index (χ1v) is 6.30. The fourth-order valence-electron chi connectivity index (χ4n) is 1.64. The standard InChI is InChI=1S/C12H13BrN2O2/c1-3-15(4-2)12(16)11-14-9-6-5-8(13)7-10(9)17-11/h5-7H,3-4H2,1-2H3. The topological polar surface area (TPSA) is 46.3 Å². The van der Waals surface area contributed by atoms with Gasteiger partial charge in [-0.1, -0.05) is 15.9 Å². The molecule has 0 saturated heterocycles. The van der Waals surface area contributed by atoms with E-state index in [4.69, 9.17) is 4.42 Å². The molecule has 1 heterocycles. The molecule has 5 heteroatoms. The number of carbonyl (C=O) groups is 1. The molecule has 0 aliphatic carbocycles. The molecular formula is C12H13BrN2O2. The van der Waals surface area contributed by atoms with Crippen molar-refractivity contribution in [1.82, 2.24) is 9.88 Å². The van der Waals surface area contributed by atoms with Gasteiger partial charge in [-0.2, -0.15) is 0 Å². The number of nitrogens with zero attached hydrogens (tertiary/aromatic N) is 2. The van der Waals surface area contributed by atoms with E-state index in [2.05, 4.69) is 20.9 Å². The fraction of sp³-hybridized carbons (Fsp3) is 0.333. The molecule has 1 amide bonds. The molecule has 0 aliphatic rings. The van der Waals surface area contributed by atoms with Gasteiger partial charge in [0.25, 0.3) is 5.89 Å². The molecule has 0 spiro atoms. The van der Waals surface area contributed by atoms with Crippen LogP contribution in [0.1, 0.15) is 24.5 Å². The minimum Gasteiger partial charge on any atom is -0.432 e. The zero-order valence-electron chi connectivity index (χ0n) is 9.74. The maximum atomic E-state index is 12.0. The minimum atomic E-state index is -0.165. The molecule has 0 N–H and O–H groups in total. The lowest BCUT2D eigenvalue weighted by Crippen LogP contribution is -2.30. The number of oxazole rings is 1. The van der Waals surface area contributed by atoms with E-state index in [-0.39, 0.29) is 11.8 Å². The van der Waals surface area contributed by atoms with Crippen molar-refractivity contribution in [3.05, 3.63) is 28.6 Å². The predicted molar refractivity (Wildman–Crippen MR) is 69.0 cm³/mol. The number of benzene rings is 1. The summed E-state index contributed by atoms with van der Waals surface area (Å²) in [5.41, 5.74) is 1.32. The van der Waals surface area contributed by atoms with Crippen molar-refractivity contribution >= 4 is 32.9 Å². The molecule has 0 fully saturated rings. The molecule has 0 radical (unpaired) electrons. The van der Waals surface area contributed by atoms with Gasteiger partial charge in [-0.3, -0.25) is 4.79 Å². The largest absolute Gasteiger partial charge is 0.432 e. The number of halogens is 1. The lowest BCUT2D eigenvalue weighted by molar-refractivity contribution is 0.0735. The summed E-state index contributed by atoms with van der Waals surface area (Å²) >= 11 is 3.35. The monoisotopic (exact) mass is 296 g/mol. The Morgan fingerprint density at radius 1 is 1.41 bits per heavy atom. The Balaban J connectivity index is 2.39. The highest BCUT2D eigenvalue weighted by atomic mass is 79.9. The van der Waals surface area contributed by atoms with E-state index in [1.807, 2.05) is 26.0 Å². The molecule has 0 aliphatic heterocycles. The van der Waals surface area contributed by atoms with Crippen molar-refractivity contribution in [3.8, 4) is 0 Å². The van der Waals surface area contributed by atoms with Crippen LogP contribution in [0.25, 0.3) is 11.1 Å². The molecule has 2 aromatic rings. The number of amides is 1. The molecule has 0 bridgehead atoms. The van der Waals surface area contributed by atoms with Crippen LogP contribution < -0.4 is 0 Å². The number of fused-ring (bicyclic) bond motifs is 1. The Kier molecular flexibility index (Phi) is 3.47. The van der Waals surface area contributed by atoms with E-state index in [0.29, 0.717) is 24.2 Å². The van der Waals surface area contributed by atoms with Gasteiger partial charge >= 0.3 is 5.91 Å². The van der Waals surface area contributed by atoms with Gasteiger partial charge in [-0.05, 0) is 32.0 Å². The number of hydrogen-bond acceptors (Lipinski definition) is 3. The second-order valence-corrected chi connectivity index (χ2v) is 4.52. The molecular weight excluding hydrogens is 284 g/mol. The van der Waals surface area contributed by atoms with E-state index in [9.17, 15) is 4.79 Å². The van der Waals surface area contributed by atoms with E-state index < -0.39 is 0 Å². The first-order chi connectivity index (χ1) is 8.15. The van der Waals surface area contributed by atoms with Gasteiger partial charge in [0.1, 0.15) is 5.52 Å². The summed E-state index contributed by atoms with van der Waals surface area (Å²) in [6.07, 6.45) is 0. The average molecular weight is 297 g/mol. The molecule has 0 atom stereocenters. The van der Waals surface area contributed by atoms with Crippen molar-refractivity contribution in [3.63, 3.8) is 0 Å². The molecule has 17 heavy (non-hydrogen) atoms. The van der Waals surface area contributed by atoms with Crippen LogP contribution >= 0.6 is 15.9 Å². The van der Waals surface area contributed by atoms with Gasteiger partial charge in [0.05, 0.1) is 0 Å². The van der Waals surface area contributed by atoms with Crippen LogP contribution in [0.2, 0.25) is 0 Å². The average Bonchev–Trinajstić information content (AvgIpc) is 2.73. The Morgan fingerprint density at radius 2 is 2.12 bits per heavy atom. The number of carbonyl (C=O) groups excluding carboxylic acids is 1. The van der Waals surface area contributed by atoms with Crippen molar-refractivity contribution in [2.45, 2.75) is 13.8 Å². The Bertz CT molecular complexity index is 546. The normalized spacial score (nSPS) is 10.8. The number of hydrogen-bond donors (Lipinski definition) is 0. The van der Waals surface area contributed by atoms with Crippen LogP contribution in [0.5, 0.6) is 0 Å². The van der Waals surface area contributed by atoms with Crippen molar-refractivity contribution in [2.75, 3.05) is 13.1 Å². The van der Waals surface area contributed by atoms with Crippen LogP contribution in [-0.4, -0.2) is 28.9 Å². The van der Waals surface area contributed by atoms with Crippen molar-refractivity contribution in [1.29, 1.82) is 0 Å². The summed E-state index contributed by atoms with van der Waals surface area (Å²) < 4.78 is 6.37.